The van der Waals surface area contributed by atoms with Crippen molar-refractivity contribution in [1.82, 2.24) is 4.90 Å². The zero-order chi connectivity index (χ0) is 42.6. The van der Waals surface area contributed by atoms with Gasteiger partial charge in [0.2, 0.25) is 5.79 Å². The van der Waals surface area contributed by atoms with Gasteiger partial charge in [0.25, 0.3) is 0 Å². The third-order valence-electron chi connectivity index (χ3n) is 12.1. The Morgan fingerprint density at radius 1 is 0.918 bits per heavy atom. The fourth-order valence-corrected chi connectivity index (χ4v) is 9.46. The second-order valence-electron chi connectivity index (χ2n) is 15.9. The average molecular weight is 849 g/mol. The first-order chi connectivity index (χ1) is 29.9. The molecule has 4 aromatic carbocycles. The summed E-state index contributed by atoms with van der Waals surface area (Å²) in [7, 11) is 1.70. The molecular weight excluding hydrogens is 792 g/mol. The number of nitrogens with zero attached hydrogens (tertiary/aromatic N) is 2. The number of likely N-dealkylation sites (N-methyl/N-ethyl adjacent to an activating group) is 1. The van der Waals surface area contributed by atoms with Gasteiger partial charge in [-0.1, -0.05) is 103 Å². The number of alkyl halides is 1. The van der Waals surface area contributed by atoms with Gasteiger partial charge in [-0.3, -0.25) is 0 Å². The van der Waals surface area contributed by atoms with E-state index in [2.05, 4.69) is 43.0 Å². The number of carbonyl (C=O) groups is 1. The molecule has 2 aliphatic carbocycles. The van der Waals surface area contributed by atoms with Gasteiger partial charge in [0, 0.05) is 38.2 Å². The van der Waals surface area contributed by atoms with E-state index in [-0.39, 0.29) is 63.1 Å². The molecule has 4 aromatic rings. The maximum Gasteiger partial charge on any atom is 0.410 e. The van der Waals surface area contributed by atoms with Crippen molar-refractivity contribution in [3.63, 3.8) is 0 Å². The summed E-state index contributed by atoms with van der Waals surface area (Å²) in [6.07, 6.45) is 8.34. The first-order valence-electron chi connectivity index (χ1n) is 21.4. The molecule has 1 fully saturated rings. The number of allylic oxidation sites excluding steroid dienone is 1. The number of benzene rings is 4. The molecule has 0 saturated heterocycles. The maximum atomic E-state index is 13.8. The Bertz CT molecular complexity index is 2110. The highest BCUT2D eigenvalue weighted by Gasteiger charge is 2.65. The molecule has 10 nitrogen and oxygen atoms in total. The predicted molar refractivity (Wildman–Crippen MR) is 238 cm³/mol. The normalized spacial score (nSPS) is 23.2. The molecule has 0 aromatic heterocycles. The number of unbranched alkanes of at least 4 members (excludes halogenated alkanes) is 2. The van der Waals surface area contributed by atoms with Gasteiger partial charge in [0.15, 0.2) is 0 Å². The van der Waals surface area contributed by atoms with Crippen molar-refractivity contribution in [2.75, 3.05) is 39.4 Å². The van der Waals surface area contributed by atoms with Crippen LogP contribution in [-0.2, 0) is 20.9 Å². The van der Waals surface area contributed by atoms with Gasteiger partial charge in [0.1, 0.15) is 36.5 Å². The van der Waals surface area contributed by atoms with Gasteiger partial charge >= 0.3 is 6.09 Å². The average Bonchev–Trinajstić information content (AvgIpc) is 3.29. The van der Waals surface area contributed by atoms with E-state index < -0.39 is 23.8 Å². The van der Waals surface area contributed by atoms with E-state index in [1.807, 2.05) is 72.8 Å². The van der Waals surface area contributed by atoms with E-state index in [1.165, 1.54) is 0 Å². The lowest BCUT2D eigenvalue weighted by molar-refractivity contribution is -0.253. The first kappa shape index (κ1) is 43.9. The summed E-state index contributed by atoms with van der Waals surface area (Å²) < 4.78 is 26.4. The molecule has 1 amide bonds. The molecule has 1 aliphatic heterocycles. The molecule has 7 rings (SSSR count). The fraction of sp³-hybridized carbons (Fsp3) is 0.400. The largest absolute Gasteiger partial charge is 0.459 e. The molecule has 0 radical (unpaired) electrons. The highest BCUT2D eigenvalue weighted by molar-refractivity contribution is 6.18. The Kier molecular flexibility index (Phi) is 15.2. The zero-order valence-corrected chi connectivity index (χ0v) is 35.6. The van der Waals surface area contributed by atoms with E-state index in [0.29, 0.717) is 35.8 Å². The molecule has 1 saturated carbocycles. The topological polar surface area (TPSA) is 119 Å². The van der Waals surface area contributed by atoms with Crippen molar-refractivity contribution < 1.29 is 38.8 Å². The first-order valence-corrected chi connectivity index (χ1v) is 22.0. The van der Waals surface area contributed by atoms with E-state index in [9.17, 15) is 15.0 Å². The minimum absolute atomic E-state index is 0.0419. The fourth-order valence-electron chi connectivity index (χ4n) is 9.39. The van der Waals surface area contributed by atoms with Crippen LogP contribution < -0.4 is 9.47 Å². The number of hydrogen-bond acceptors (Lipinski definition) is 9. The standard InChI is InChI=1S/C50H57ClN2O8/c1-3-29-58-50-46(53(2)49(56)57-30-26-51)33-44(52-59-34-35-14-6-4-7-15-35)42-31-38(18-10-12-27-54)41(19-11-13-28-55)47(48(42)50)43-32-40(24-25-45(43)61-50)60-39-22-20-37(21-23-39)36-16-8-5-9-17-36/h3-9,14-17,20-25,31-32,38,41,46-48,54-55H,1,10-13,18-19,26-30,33-34H2,2H3/t38-,41+,46-,47+,48+,50+/m0/s1. The van der Waals surface area contributed by atoms with Crippen molar-refractivity contribution in [3.05, 3.63) is 139 Å². The highest BCUT2D eigenvalue weighted by atomic mass is 35.5. The third-order valence-corrected chi connectivity index (χ3v) is 12.3. The smallest absolute Gasteiger partial charge is 0.410 e. The second-order valence-corrected chi connectivity index (χ2v) is 16.3. The van der Waals surface area contributed by atoms with Crippen molar-refractivity contribution in [3.8, 4) is 28.4 Å². The Morgan fingerprint density at radius 3 is 2.31 bits per heavy atom. The number of ether oxygens (including phenoxy) is 4. The van der Waals surface area contributed by atoms with Gasteiger partial charge in [-0.25, -0.2) is 4.79 Å². The van der Waals surface area contributed by atoms with Gasteiger partial charge in [-0.2, -0.15) is 0 Å². The Balaban J connectivity index is 1.37. The number of amides is 1. The summed E-state index contributed by atoms with van der Waals surface area (Å²) in [5.41, 5.74) is 5.80. The summed E-state index contributed by atoms with van der Waals surface area (Å²) >= 11 is 5.98. The van der Waals surface area contributed by atoms with Crippen molar-refractivity contribution in [1.29, 1.82) is 0 Å². The lowest BCUT2D eigenvalue weighted by Crippen LogP contribution is -2.69. The van der Waals surface area contributed by atoms with Crippen LogP contribution in [0.2, 0.25) is 0 Å². The van der Waals surface area contributed by atoms with Crippen LogP contribution in [0, 0.1) is 17.8 Å². The molecule has 11 heteroatoms. The molecule has 6 atom stereocenters. The van der Waals surface area contributed by atoms with E-state index in [4.69, 9.17) is 40.5 Å². The SMILES string of the molecule is C=CCO[C@@]12Oc3ccc(Oc4ccc(-c5ccccc5)cc4)cc3[C@H]3[C@H](CCCCO)[C@@H](CCCCO)C=C(C(=NOCc4ccccc4)C[C@@H]1N(C)C(=O)OCCCl)[C@H]32. The van der Waals surface area contributed by atoms with Crippen LogP contribution in [0.5, 0.6) is 17.2 Å². The Labute approximate surface area is 364 Å². The minimum atomic E-state index is -1.40. The predicted octanol–water partition coefficient (Wildman–Crippen LogP) is 10.3. The molecule has 322 valence electrons. The monoisotopic (exact) mass is 848 g/mol. The van der Waals surface area contributed by atoms with Gasteiger partial charge in [-0.05, 0) is 90.1 Å². The number of hydrogen-bond donors (Lipinski definition) is 2. The molecule has 0 bridgehead atoms. The third kappa shape index (κ3) is 10.00. The van der Waals surface area contributed by atoms with Crippen LogP contribution in [-0.4, -0.2) is 78.1 Å². The van der Waals surface area contributed by atoms with Crippen LogP contribution in [0.1, 0.15) is 62.0 Å². The van der Waals surface area contributed by atoms with Crippen molar-refractivity contribution in [2.45, 2.75) is 69.3 Å². The van der Waals surface area contributed by atoms with Crippen molar-refractivity contribution >= 4 is 23.4 Å². The van der Waals surface area contributed by atoms with Crippen LogP contribution in [0.15, 0.2) is 133 Å². The van der Waals surface area contributed by atoms with Crippen LogP contribution in [0.25, 0.3) is 11.1 Å². The lowest BCUT2D eigenvalue weighted by Gasteiger charge is -2.59. The number of oxime groups is 1. The Morgan fingerprint density at radius 2 is 1.61 bits per heavy atom. The zero-order valence-electron chi connectivity index (χ0n) is 34.9. The molecule has 0 unspecified atom stereocenters. The van der Waals surface area contributed by atoms with E-state index in [0.717, 1.165) is 53.5 Å². The summed E-state index contributed by atoms with van der Waals surface area (Å²) in [5, 5.41) is 24.7. The van der Waals surface area contributed by atoms with Crippen LogP contribution in [0.3, 0.4) is 0 Å². The number of aliphatic hydroxyl groups excluding tert-OH is 2. The molecule has 61 heavy (non-hydrogen) atoms. The maximum absolute atomic E-state index is 13.8. The van der Waals surface area contributed by atoms with Crippen molar-refractivity contribution in [2.24, 2.45) is 22.9 Å². The number of fused-ring (bicyclic) bond motifs is 2. The van der Waals surface area contributed by atoms with Gasteiger partial charge in [-0.15, -0.1) is 18.2 Å². The molecular formula is C50H57ClN2O8. The quantitative estimate of drug-likeness (QED) is 0.0391. The summed E-state index contributed by atoms with van der Waals surface area (Å²) in [4.78, 5) is 21.5. The second kappa shape index (κ2) is 21.1. The van der Waals surface area contributed by atoms with E-state index >= 15 is 0 Å². The lowest BCUT2D eigenvalue weighted by atomic mass is 9.55. The van der Waals surface area contributed by atoms with Crippen LogP contribution in [0.4, 0.5) is 4.79 Å². The molecule has 2 N–H and O–H groups in total. The number of carbonyl (C=O) groups excluding carboxylic acids is 1. The molecule has 3 aliphatic rings. The minimum Gasteiger partial charge on any atom is -0.459 e. The summed E-state index contributed by atoms with van der Waals surface area (Å²) in [5.74, 6) is 0.225. The van der Waals surface area contributed by atoms with Crippen LogP contribution >= 0.6 is 11.6 Å². The highest BCUT2D eigenvalue weighted by Crippen LogP contribution is 2.62. The molecule has 1 heterocycles. The van der Waals surface area contributed by atoms with E-state index in [1.54, 1.807) is 18.0 Å². The number of aliphatic hydroxyl groups is 2. The Hall–Kier alpha value is -5.13. The summed E-state index contributed by atoms with van der Waals surface area (Å²) in [6, 6.07) is 33.4. The summed E-state index contributed by atoms with van der Waals surface area (Å²) in [6.45, 7) is 4.66. The number of halogens is 1. The van der Waals surface area contributed by atoms with Gasteiger partial charge < -0.3 is 38.9 Å². The van der Waals surface area contributed by atoms with Gasteiger partial charge in [0.05, 0.1) is 24.1 Å². The number of rotatable bonds is 20. The molecule has 0 spiro atoms.